The quantitative estimate of drug-likeness (QED) is 0.488. The van der Waals surface area contributed by atoms with Gasteiger partial charge >= 0.3 is 0 Å². The van der Waals surface area contributed by atoms with E-state index < -0.39 is 20.5 Å². The summed E-state index contributed by atoms with van der Waals surface area (Å²) in [6, 6.07) is -0.889. The van der Waals surface area contributed by atoms with E-state index in [1.807, 2.05) is 0 Å². The highest BCUT2D eigenvalue weighted by atomic mass is 32.2. The first kappa shape index (κ1) is 15.9. The molecule has 106 valence electrons. The summed E-state index contributed by atoms with van der Waals surface area (Å²) in [5, 5.41) is 20.4. The zero-order valence-electron chi connectivity index (χ0n) is 11.7. The van der Waals surface area contributed by atoms with Gasteiger partial charge in [0.2, 0.25) is 0 Å². The third-order valence-corrected chi connectivity index (χ3v) is 9.79. The lowest BCUT2D eigenvalue weighted by Gasteiger charge is -2.36. The minimum Gasteiger partial charge on any atom is -0.415 e. The smallest absolute Gasteiger partial charge is 0.253 e. The van der Waals surface area contributed by atoms with Crippen LogP contribution in [0.3, 0.4) is 0 Å². The number of thioether (sulfide) groups is 1. The Kier molecular flexibility index (Phi) is 4.85. The summed E-state index contributed by atoms with van der Waals surface area (Å²) in [7, 11) is -1.88. The third kappa shape index (κ3) is 3.46. The van der Waals surface area contributed by atoms with Gasteiger partial charge in [-0.1, -0.05) is 20.8 Å². The van der Waals surface area contributed by atoms with Crippen LogP contribution in [-0.4, -0.2) is 48.1 Å². The predicted octanol–water partition coefficient (Wildman–Crippen LogP) is 2.13. The zero-order chi connectivity index (χ0) is 14.1. The van der Waals surface area contributed by atoms with E-state index in [1.54, 1.807) is 0 Å². The number of nitrogens with zero attached hydrogens (tertiary/aromatic N) is 1. The van der Waals surface area contributed by atoms with Crippen LogP contribution in [0.2, 0.25) is 18.1 Å². The zero-order valence-corrected chi connectivity index (χ0v) is 13.5. The van der Waals surface area contributed by atoms with E-state index in [2.05, 4.69) is 33.9 Å². The van der Waals surface area contributed by atoms with Crippen LogP contribution in [0.25, 0.3) is 0 Å². The highest BCUT2D eigenvalue weighted by Gasteiger charge is 2.46. The van der Waals surface area contributed by atoms with Gasteiger partial charge in [0, 0.05) is 10.7 Å². The van der Waals surface area contributed by atoms with Crippen LogP contribution >= 0.6 is 11.8 Å². The second kappa shape index (κ2) is 5.48. The molecule has 1 heterocycles. The van der Waals surface area contributed by atoms with Gasteiger partial charge in [-0.2, -0.15) is 0 Å². The van der Waals surface area contributed by atoms with Gasteiger partial charge in [-0.25, -0.2) is 0 Å². The molecule has 0 bridgehead atoms. The molecule has 0 radical (unpaired) electrons. The third-order valence-electron chi connectivity index (χ3n) is 3.91. The number of hydrogen-bond acceptors (Lipinski definition) is 5. The van der Waals surface area contributed by atoms with Crippen LogP contribution < -0.4 is 0 Å². The van der Waals surface area contributed by atoms with E-state index in [4.69, 9.17) is 4.43 Å². The van der Waals surface area contributed by atoms with Crippen molar-refractivity contribution in [2.45, 2.75) is 56.3 Å². The second-order valence-corrected chi connectivity index (χ2v) is 12.4. The van der Waals surface area contributed by atoms with Gasteiger partial charge in [-0.3, -0.25) is 10.1 Å². The fraction of sp³-hybridized carbons (Fsp3) is 1.00. The second-order valence-electron chi connectivity index (χ2n) is 6.29. The number of aliphatic hydroxyl groups excluding tert-OH is 1. The molecule has 0 amide bonds. The summed E-state index contributed by atoms with van der Waals surface area (Å²) < 4.78 is 6.01. The first-order valence-electron chi connectivity index (χ1n) is 6.13. The molecule has 1 N–H and O–H groups in total. The Morgan fingerprint density at radius 1 is 1.50 bits per heavy atom. The topological polar surface area (TPSA) is 72.6 Å². The average Bonchev–Trinajstić information content (AvgIpc) is 2.55. The highest BCUT2D eigenvalue weighted by Crippen LogP contribution is 2.38. The Morgan fingerprint density at radius 2 is 2.06 bits per heavy atom. The molecule has 1 fully saturated rings. The number of aliphatic hydroxyl groups is 1. The van der Waals surface area contributed by atoms with E-state index >= 15 is 0 Å². The molecule has 1 aliphatic heterocycles. The van der Waals surface area contributed by atoms with Gasteiger partial charge < -0.3 is 9.53 Å². The summed E-state index contributed by atoms with van der Waals surface area (Å²) in [4.78, 5) is 10.6. The normalized spacial score (nSPS) is 29.6. The van der Waals surface area contributed by atoms with Gasteiger partial charge in [-0.15, -0.1) is 11.8 Å². The van der Waals surface area contributed by atoms with Crippen molar-refractivity contribution in [3.63, 3.8) is 0 Å². The molecule has 1 aliphatic rings. The lowest BCUT2D eigenvalue weighted by Crippen LogP contribution is -2.45. The minimum absolute atomic E-state index is 0.0962. The Morgan fingerprint density at radius 3 is 2.50 bits per heavy atom. The van der Waals surface area contributed by atoms with Gasteiger partial charge in [0.1, 0.15) is 6.10 Å². The molecule has 1 saturated heterocycles. The lowest BCUT2D eigenvalue weighted by atomic mass is 10.1. The molecule has 3 atom stereocenters. The molecule has 1 rings (SSSR count). The van der Waals surface area contributed by atoms with E-state index in [0.29, 0.717) is 12.4 Å². The van der Waals surface area contributed by atoms with E-state index in [-0.39, 0.29) is 15.2 Å². The van der Waals surface area contributed by atoms with Crippen LogP contribution in [-0.2, 0) is 4.43 Å². The monoisotopic (exact) mass is 293 g/mol. The predicted molar refractivity (Wildman–Crippen MR) is 76.2 cm³/mol. The lowest BCUT2D eigenvalue weighted by molar-refractivity contribution is -0.531. The molecular formula is C11H23NO4SSi. The van der Waals surface area contributed by atoms with E-state index in [0.717, 1.165) is 0 Å². The van der Waals surface area contributed by atoms with Gasteiger partial charge in [0.05, 0.1) is 11.9 Å². The Bertz CT molecular complexity index is 319. The number of hydrogen-bond donors (Lipinski definition) is 1. The molecule has 0 aromatic heterocycles. The van der Waals surface area contributed by atoms with Gasteiger partial charge in [0.15, 0.2) is 8.32 Å². The Labute approximate surface area is 114 Å². The molecule has 0 aromatic carbocycles. The molecule has 7 heteroatoms. The standard InChI is InChI=1S/C11H23NO4SSi/c1-11(2,3)18(4,5)16-6-9-10(12(14)15)8(13)7-17-9/h8-10,13H,6-7H2,1-5H3/t8?,9-,10+/m1/s1. The first-order valence-corrected chi connectivity index (χ1v) is 10.1. The van der Waals surface area contributed by atoms with Crippen LogP contribution in [0.5, 0.6) is 0 Å². The first-order chi connectivity index (χ1) is 8.06. The van der Waals surface area contributed by atoms with Crippen molar-refractivity contribution in [2.75, 3.05) is 12.4 Å². The van der Waals surface area contributed by atoms with Crippen molar-refractivity contribution in [3.05, 3.63) is 10.1 Å². The average molecular weight is 293 g/mol. The van der Waals surface area contributed by atoms with Crippen LogP contribution in [0.15, 0.2) is 0 Å². The summed E-state index contributed by atoms with van der Waals surface area (Å²) >= 11 is 1.44. The van der Waals surface area contributed by atoms with Crippen LogP contribution in [0.4, 0.5) is 0 Å². The van der Waals surface area contributed by atoms with Crippen molar-refractivity contribution in [1.82, 2.24) is 0 Å². The maximum atomic E-state index is 10.9. The molecule has 0 spiro atoms. The summed E-state index contributed by atoms with van der Waals surface area (Å²) in [6.07, 6.45) is -0.849. The van der Waals surface area contributed by atoms with Crippen LogP contribution in [0, 0.1) is 10.1 Å². The molecule has 0 saturated carbocycles. The number of rotatable bonds is 4. The summed E-state index contributed by atoms with van der Waals surface area (Å²) in [6.45, 7) is 11.0. The SMILES string of the molecule is CC(C)(C)[Si](C)(C)OC[C@H]1SCC(O)[C@@H]1[N+](=O)[O-]. The highest BCUT2D eigenvalue weighted by molar-refractivity contribution is 8.00. The molecule has 1 unspecified atom stereocenters. The molecule has 0 aromatic rings. The van der Waals surface area contributed by atoms with Crippen molar-refractivity contribution in [3.8, 4) is 0 Å². The van der Waals surface area contributed by atoms with Gasteiger partial charge in [-0.05, 0) is 18.1 Å². The largest absolute Gasteiger partial charge is 0.415 e. The molecule has 0 aliphatic carbocycles. The Balaban J connectivity index is 2.61. The van der Waals surface area contributed by atoms with E-state index in [9.17, 15) is 15.2 Å². The van der Waals surface area contributed by atoms with Gasteiger partial charge in [0.25, 0.3) is 6.04 Å². The fourth-order valence-corrected chi connectivity index (χ4v) is 4.03. The van der Waals surface area contributed by atoms with Crippen molar-refractivity contribution in [2.24, 2.45) is 0 Å². The molecule has 18 heavy (non-hydrogen) atoms. The maximum absolute atomic E-state index is 10.9. The molecular weight excluding hydrogens is 270 g/mol. The minimum atomic E-state index is -1.88. The van der Waals surface area contributed by atoms with Crippen LogP contribution in [0.1, 0.15) is 20.8 Å². The summed E-state index contributed by atoms with van der Waals surface area (Å²) in [5.74, 6) is 0.428. The maximum Gasteiger partial charge on any atom is 0.253 e. The molecule has 5 nitrogen and oxygen atoms in total. The van der Waals surface area contributed by atoms with Crippen molar-refractivity contribution >= 4 is 20.1 Å². The number of nitro groups is 1. The fourth-order valence-electron chi connectivity index (χ4n) is 1.60. The summed E-state index contributed by atoms with van der Waals surface area (Å²) in [5.41, 5.74) is 0. The van der Waals surface area contributed by atoms with Crippen molar-refractivity contribution in [1.29, 1.82) is 0 Å². The Hall–Kier alpha value is -0.113. The van der Waals surface area contributed by atoms with E-state index in [1.165, 1.54) is 11.8 Å². The van der Waals surface area contributed by atoms with Crippen molar-refractivity contribution < 1.29 is 14.5 Å².